The number of benzene rings is 1. The molecule has 1 N–H and O–H groups in total. The number of nitrogens with one attached hydrogen (secondary N) is 1. The van der Waals surface area contributed by atoms with Gasteiger partial charge >= 0.3 is 0 Å². The Labute approximate surface area is 140 Å². The number of anilines is 1. The summed E-state index contributed by atoms with van der Waals surface area (Å²) in [6.45, 7) is 9.34. The second-order valence-corrected chi connectivity index (χ2v) is 7.11. The predicted molar refractivity (Wildman–Crippen MR) is 97.0 cm³/mol. The van der Waals surface area contributed by atoms with Gasteiger partial charge in [0.15, 0.2) is 0 Å². The molecule has 1 atom stereocenters. The van der Waals surface area contributed by atoms with Crippen molar-refractivity contribution in [1.29, 1.82) is 0 Å². The van der Waals surface area contributed by atoms with Gasteiger partial charge in [0, 0.05) is 12.2 Å². The highest BCUT2D eigenvalue weighted by atomic mass is 16.2. The fraction of sp³-hybridized carbons (Fsp3) is 0.632. The van der Waals surface area contributed by atoms with E-state index in [1.807, 2.05) is 0 Å². The fourth-order valence-electron chi connectivity index (χ4n) is 3.56. The minimum Gasteiger partial charge on any atom is -0.324 e. The summed E-state index contributed by atoms with van der Waals surface area (Å²) in [4.78, 5) is 17.3. The maximum absolute atomic E-state index is 12.7. The van der Waals surface area contributed by atoms with Gasteiger partial charge in [0.2, 0.25) is 5.91 Å². The van der Waals surface area contributed by atoms with Crippen molar-refractivity contribution >= 4 is 11.6 Å². The molecule has 0 unspecified atom stereocenters. The first-order chi connectivity index (χ1) is 10.9. The van der Waals surface area contributed by atoms with E-state index in [1.165, 1.54) is 5.56 Å². The summed E-state index contributed by atoms with van der Waals surface area (Å²) in [7, 11) is 4.19. The third kappa shape index (κ3) is 4.79. The van der Waals surface area contributed by atoms with Crippen molar-refractivity contribution in [3.8, 4) is 0 Å². The zero-order valence-corrected chi connectivity index (χ0v) is 15.3. The number of likely N-dealkylation sites (tertiary alicyclic amines) is 1. The van der Waals surface area contributed by atoms with E-state index in [-0.39, 0.29) is 11.9 Å². The molecule has 4 nitrogen and oxygen atoms in total. The number of nitrogens with zero attached hydrogens (tertiary/aromatic N) is 2. The first-order valence-electron chi connectivity index (χ1n) is 8.66. The Balaban J connectivity index is 1.99. The molecule has 128 valence electrons. The average Bonchev–Trinajstić information content (AvgIpc) is 2.90. The van der Waals surface area contributed by atoms with Crippen molar-refractivity contribution in [2.24, 2.45) is 0 Å². The summed E-state index contributed by atoms with van der Waals surface area (Å²) >= 11 is 0. The molecule has 1 heterocycles. The molecule has 0 spiro atoms. The molecular formula is C19H31N3O. The van der Waals surface area contributed by atoms with Crippen molar-refractivity contribution in [2.75, 3.05) is 39.0 Å². The van der Waals surface area contributed by atoms with Crippen molar-refractivity contribution in [3.05, 3.63) is 28.8 Å². The SMILES string of the molecule is Cc1cc(C)c(NC(=O)[C@@H]2CCCN2CCCN(C)C)c(C)c1. The van der Waals surface area contributed by atoms with Crippen LogP contribution in [0.25, 0.3) is 0 Å². The third-order valence-corrected chi connectivity index (χ3v) is 4.64. The van der Waals surface area contributed by atoms with Crippen LogP contribution in [0.5, 0.6) is 0 Å². The van der Waals surface area contributed by atoms with Gasteiger partial charge in [0.1, 0.15) is 0 Å². The van der Waals surface area contributed by atoms with E-state index in [2.05, 4.69) is 62.1 Å². The molecule has 1 aliphatic heterocycles. The summed E-state index contributed by atoms with van der Waals surface area (Å²) in [6, 6.07) is 4.29. The Kier molecular flexibility index (Phi) is 6.19. The number of aryl methyl sites for hydroxylation is 3. The van der Waals surface area contributed by atoms with Crippen LogP contribution in [0.1, 0.15) is 36.0 Å². The van der Waals surface area contributed by atoms with Gasteiger partial charge in [-0.25, -0.2) is 0 Å². The van der Waals surface area contributed by atoms with E-state index >= 15 is 0 Å². The molecule has 1 aromatic carbocycles. The van der Waals surface area contributed by atoms with Crippen molar-refractivity contribution in [2.45, 2.75) is 46.1 Å². The van der Waals surface area contributed by atoms with Crippen LogP contribution in [0.3, 0.4) is 0 Å². The quantitative estimate of drug-likeness (QED) is 0.876. The minimum atomic E-state index is 0.0252. The van der Waals surface area contributed by atoms with Crippen LogP contribution in [-0.2, 0) is 4.79 Å². The van der Waals surface area contributed by atoms with Gasteiger partial charge in [-0.1, -0.05) is 17.7 Å². The Hall–Kier alpha value is -1.39. The zero-order valence-electron chi connectivity index (χ0n) is 15.3. The van der Waals surface area contributed by atoms with E-state index < -0.39 is 0 Å². The molecule has 1 aliphatic rings. The molecule has 0 radical (unpaired) electrons. The molecule has 1 saturated heterocycles. The molecule has 1 aromatic rings. The third-order valence-electron chi connectivity index (χ3n) is 4.64. The average molecular weight is 317 g/mol. The molecular weight excluding hydrogens is 286 g/mol. The van der Waals surface area contributed by atoms with E-state index in [4.69, 9.17) is 0 Å². The summed E-state index contributed by atoms with van der Waals surface area (Å²) in [5.74, 6) is 0.155. The lowest BCUT2D eigenvalue weighted by atomic mass is 10.0. The molecule has 2 rings (SSSR count). The van der Waals surface area contributed by atoms with Gasteiger partial charge < -0.3 is 10.2 Å². The molecule has 0 aliphatic carbocycles. The Morgan fingerprint density at radius 2 is 1.91 bits per heavy atom. The molecule has 1 fully saturated rings. The zero-order chi connectivity index (χ0) is 17.0. The highest BCUT2D eigenvalue weighted by Crippen LogP contribution is 2.24. The van der Waals surface area contributed by atoms with Crippen LogP contribution in [0.4, 0.5) is 5.69 Å². The predicted octanol–water partition coefficient (Wildman–Crippen LogP) is 2.97. The maximum atomic E-state index is 12.7. The van der Waals surface area contributed by atoms with E-state index in [0.29, 0.717) is 0 Å². The van der Waals surface area contributed by atoms with Crippen molar-refractivity contribution in [3.63, 3.8) is 0 Å². The van der Waals surface area contributed by atoms with Crippen LogP contribution < -0.4 is 5.32 Å². The Morgan fingerprint density at radius 1 is 1.26 bits per heavy atom. The number of carbonyl (C=O) groups excluding carboxylic acids is 1. The van der Waals surface area contributed by atoms with Gasteiger partial charge in [-0.2, -0.15) is 0 Å². The first-order valence-corrected chi connectivity index (χ1v) is 8.66. The number of rotatable bonds is 6. The lowest BCUT2D eigenvalue weighted by molar-refractivity contribution is -0.120. The van der Waals surface area contributed by atoms with E-state index in [0.717, 1.165) is 55.7 Å². The monoisotopic (exact) mass is 317 g/mol. The lowest BCUT2D eigenvalue weighted by Crippen LogP contribution is -2.40. The maximum Gasteiger partial charge on any atom is 0.241 e. The van der Waals surface area contributed by atoms with Crippen LogP contribution in [0.15, 0.2) is 12.1 Å². The van der Waals surface area contributed by atoms with E-state index in [1.54, 1.807) is 0 Å². The highest BCUT2D eigenvalue weighted by Gasteiger charge is 2.30. The molecule has 0 aromatic heterocycles. The van der Waals surface area contributed by atoms with Crippen LogP contribution in [0.2, 0.25) is 0 Å². The molecule has 1 amide bonds. The molecule has 23 heavy (non-hydrogen) atoms. The second kappa shape index (κ2) is 7.93. The van der Waals surface area contributed by atoms with Crippen LogP contribution in [-0.4, -0.2) is 55.5 Å². The van der Waals surface area contributed by atoms with Gasteiger partial charge in [0.25, 0.3) is 0 Å². The minimum absolute atomic E-state index is 0.0252. The number of carbonyl (C=O) groups is 1. The Bertz CT molecular complexity index is 531. The Morgan fingerprint density at radius 3 is 2.52 bits per heavy atom. The van der Waals surface area contributed by atoms with Crippen LogP contribution >= 0.6 is 0 Å². The topological polar surface area (TPSA) is 35.6 Å². The van der Waals surface area contributed by atoms with Gasteiger partial charge in [-0.05, 0) is 78.3 Å². The standard InChI is InChI=1S/C19H31N3O/c1-14-12-15(2)18(16(3)13-14)20-19(23)17-8-6-10-22(17)11-7-9-21(4)5/h12-13,17H,6-11H2,1-5H3,(H,20,23)/t17-/m0/s1. The van der Waals surface area contributed by atoms with Crippen molar-refractivity contribution in [1.82, 2.24) is 9.80 Å². The van der Waals surface area contributed by atoms with Gasteiger partial charge in [0.05, 0.1) is 6.04 Å². The molecule has 0 saturated carbocycles. The summed E-state index contributed by atoms with van der Waals surface area (Å²) < 4.78 is 0. The summed E-state index contributed by atoms with van der Waals surface area (Å²) in [5.41, 5.74) is 4.52. The van der Waals surface area contributed by atoms with Gasteiger partial charge in [-0.15, -0.1) is 0 Å². The summed E-state index contributed by atoms with van der Waals surface area (Å²) in [5, 5.41) is 3.19. The second-order valence-electron chi connectivity index (χ2n) is 7.11. The van der Waals surface area contributed by atoms with E-state index in [9.17, 15) is 4.79 Å². The molecule has 4 heteroatoms. The molecule has 0 bridgehead atoms. The van der Waals surface area contributed by atoms with Crippen LogP contribution in [0, 0.1) is 20.8 Å². The number of amides is 1. The largest absolute Gasteiger partial charge is 0.324 e. The smallest absolute Gasteiger partial charge is 0.241 e. The summed E-state index contributed by atoms with van der Waals surface area (Å²) in [6.07, 6.45) is 3.20. The normalized spacial score (nSPS) is 18.6. The fourth-order valence-corrected chi connectivity index (χ4v) is 3.56. The number of hydrogen-bond donors (Lipinski definition) is 1. The van der Waals surface area contributed by atoms with Crippen molar-refractivity contribution < 1.29 is 4.79 Å². The lowest BCUT2D eigenvalue weighted by Gasteiger charge is -2.25. The number of hydrogen-bond acceptors (Lipinski definition) is 3. The van der Waals surface area contributed by atoms with Gasteiger partial charge in [-0.3, -0.25) is 9.69 Å². The highest BCUT2D eigenvalue weighted by molar-refractivity contribution is 5.96. The first kappa shape index (κ1) is 18.0.